The van der Waals surface area contributed by atoms with E-state index < -0.39 is 29.9 Å². The molecule has 18 heavy (non-hydrogen) atoms. The maximum Gasteiger partial charge on any atom is 0.312 e. The lowest BCUT2D eigenvalue weighted by atomic mass is 10.1. The van der Waals surface area contributed by atoms with E-state index in [0.717, 1.165) is 12.1 Å². The van der Waals surface area contributed by atoms with E-state index in [4.69, 9.17) is 5.11 Å². The molecule has 0 fully saturated rings. The van der Waals surface area contributed by atoms with Gasteiger partial charge in [0.05, 0.1) is 0 Å². The highest BCUT2D eigenvalue weighted by Gasteiger charge is 2.13. The Morgan fingerprint density at radius 2 is 2.00 bits per heavy atom. The number of likely N-dealkylation sites (N-methyl/N-ethyl adjacent to an activating group) is 1. The predicted octanol–water partition coefficient (Wildman–Crippen LogP) is 1.44. The molecule has 0 spiro atoms. The van der Waals surface area contributed by atoms with Gasteiger partial charge in [0.25, 0.3) is 0 Å². The molecular formula is C12H13F2NO3. The molecule has 1 N–H and O–H groups in total. The summed E-state index contributed by atoms with van der Waals surface area (Å²) in [5.41, 5.74) is 0.284. The van der Waals surface area contributed by atoms with Gasteiger partial charge in [-0.15, -0.1) is 0 Å². The van der Waals surface area contributed by atoms with Crippen LogP contribution in [0.15, 0.2) is 18.2 Å². The highest BCUT2D eigenvalue weighted by Crippen LogP contribution is 2.10. The van der Waals surface area contributed by atoms with E-state index in [0.29, 0.717) is 0 Å². The van der Waals surface area contributed by atoms with Crippen molar-refractivity contribution in [3.63, 3.8) is 0 Å². The molecule has 0 saturated heterocycles. The Kier molecular flexibility index (Phi) is 4.76. The first kappa shape index (κ1) is 14.1. The van der Waals surface area contributed by atoms with Gasteiger partial charge in [-0.25, -0.2) is 8.78 Å². The van der Waals surface area contributed by atoms with Crippen LogP contribution in [0.25, 0.3) is 0 Å². The molecule has 1 aromatic rings. The summed E-state index contributed by atoms with van der Waals surface area (Å²) in [5.74, 6) is -3.09. The number of hydrogen-bond donors (Lipinski definition) is 1. The third-order valence-corrected chi connectivity index (χ3v) is 2.46. The van der Waals surface area contributed by atoms with E-state index in [1.807, 2.05) is 0 Å². The molecule has 0 heterocycles. The summed E-state index contributed by atoms with van der Waals surface area (Å²) in [5, 5.41) is 8.44. The second-order valence-electron chi connectivity index (χ2n) is 3.87. The maximum absolute atomic E-state index is 13.3. The zero-order valence-electron chi connectivity index (χ0n) is 9.82. The normalized spacial score (nSPS) is 10.2. The van der Waals surface area contributed by atoms with Crippen molar-refractivity contribution in [1.82, 2.24) is 4.90 Å². The molecule has 98 valence electrons. The predicted molar refractivity (Wildman–Crippen MR) is 60.0 cm³/mol. The van der Waals surface area contributed by atoms with E-state index in [9.17, 15) is 18.4 Å². The molecule has 1 aromatic carbocycles. The van der Waals surface area contributed by atoms with Crippen molar-refractivity contribution in [3.8, 4) is 0 Å². The van der Waals surface area contributed by atoms with Crippen molar-refractivity contribution in [2.75, 3.05) is 13.6 Å². The number of carbonyl (C=O) groups excluding carboxylic acids is 1. The number of benzene rings is 1. The van der Waals surface area contributed by atoms with E-state index in [2.05, 4.69) is 0 Å². The molecule has 6 heteroatoms. The second-order valence-corrected chi connectivity index (χ2v) is 3.87. The quantitative estimate of drug-likeness (QED) is 0.812. The zero-order chi connectivity index (χ0) is 13.7. The highest BCUT2D eigenvalue weighted by atomic mass is 19.1. The smallest absolute Gasteiger partial charge is 0.312 e. The van der Waals surface area contributed by atoms with Crippen molar-refractivity contribution in [1.29, 1.82) is 0 Å². The van der Waals surface area contributed by atoms with Crippen LogP contribution in [-0.4, -0.2) is 35.5 Å². The minimum absolute atomic E-state index is 0.175. The third-order valence-electron chi connectivity index (χ3n) is 2.46. The van der Waals surface area contributed by atoms with Gasteiger partial charge < -0.3 is 10.0 Å². The fourth-order valence-corrected chi connectivity index (χ4v) is 1.40. The van der Waals surface area contributed by atoms with Crippen molar-refractivity contribution in [2.45, 2.75) is 12.8 Å². The van der Waals surface area contributed by atoms with E-state index in [1.165, 1.54) is 18.0 Å². The third kappa shape index (κ3) is 4.12. The molecule has 0 atom stereocenters. The Balaban J connectivity index is 2.54. The number of amides is 1. The lowest BCUT2D eigenvalue weighted by Crippen LogP contribution is -2.30. The first-order chi connectivity index (χ1) is 8.40. The van der Waals surface area contributed by atoms with Crippen LogP contribution in [0, 0.1) is 11.6 Å². The summed E-state index contributed by atoms with van der Waals surface area (Å²) in [6.45, 7) is 0.175. The summed E-state index contributed by atoms with van der Waals surface area (Å²) in [4.78, 5) is 22.8. The van der Waals surface area contributed by atoms with E-state index >= 15 is 0 Å². The molecule has 4 nitrogen and oxygen atoms in total. The molecule has 0 aliphatic carbocycles. The van der Waals surface area contributed by atoms with Crippen LogP contribution in [0.3, 0.4) is 0 Å². The monoisotopic (exact) mass is 257 g/mol. The SMILES string of the molecule is CN(CCc1ccc(F)cc1F)C(=O)CC(=O)O. The average Bonchev–Trinajstić information content (AvgIpc) is 2.26. The highest BCUT2D eigenvalue weighted by molar-refractivity contribution is 5.93. The van der Waals surface area contributed by atoms with Gasteiger partial charge in [-0.1, -0.05) is 6.07 Å². The van der Waals surface area contributed by atoms with Gasteiger partial charge >= 0.3 is 5.97 Å². The Bertz CT molecular complexity index is 463. The number of halogens is 2. The van der Waals surface area contributed by atoms with Crippen LogP contribution < -0.4 is 0 Å². The fourth-order valence-electron chi connectivity index (χ4n) is 1.40. The summed E-state index contributed by atoms with van der Waals surface area (Å²) < 4.78 is 25.9. The molecule has 0 aromatic heterocycles. The van der Waals surface area contributed by atoms with Crippen molar-refractivity contribution < 1.29 is 23.5 Å². The summed E-state index contributed by atoms with van der Waals surface area (Å²) >= 11 is 0. The Hall–Kier alpha value is -1.98. The van der Waals surface area contributed by atoms with Crippen LogP contribution in [0.4, 0.5) is 8.78 Å². The maximum atomic E-state index is 13.3. The van der Waals surface area contributed by atoms with Gasteiger partial charge in [0.15, 0.2) is 0 Å². The Labute approximate surface area is 103 Å². The number of nitrogens with zero attached hydrogens (tertiary/aromatic N) is 1. The largest absolute Gasteiger partial charge is 0.481 e. The van der Waals surface area contributed by atoms with Gasteiger partial charge in [0.1, 0.15) is 18.1 Å². The standard InChI is InChI=1S/C12H13F2NO3/c1-15(11(16)7-12(17)18)5-4-8-2-3-9(13)6-10(8)14/h2-3,6H,4-5,7H2,1H3,(H,17,18). The fraction of sp³-hybridized carbons (Fsp3) is 0.333. The Morgan fingerprint density at radius 3 is 2.56 bits per heavy atom. The number of rotatable bonds is 5. The van der Waals surface area contributed by atoms with Gasteiger partial charge in [0.2, 0.25) is 5.91 Å². The molecule has 0 aliphatic heterocycles. The summed E-state index contributed by atoms with van der Waals surface area (Å²) in [7, 11) is 1.44. The number of hydrogen-bond acceptors (Lipinski definition) is 2. The number of aliphatic carboxylic acids is 1. The van der Waals surface area contributed by atoms with Crippen LogP contribution in [0.5, 0.6) is 0 Å². The molecule has 0 bridgehead atoms. The molecule has 0 unspecified atom stereocenters. The summed E-state index contributed by atoms with van der Waals surface area (Å²) in [6.07, 6.45) is -0.392. The lowest BCUT2D eigenvalue weighted by molar-refractivity contribution is -0.143. The van der Waals surface area contributed by atoms with Gasteiger partial charge in [-0.2, -0.15) is 0 Å². The summed E-state index contributed by atoms with van der Waals surface area (Å²) in [6, 6.07) is 3.21. The minimum Gasteiger partial charge on any atom is -0.481 e. The van der Waals surface area contributed by atoms with Gasteiger partial charge in [-0.3, -0.25) is 9.59 Å². The second kappa shape index (κ2) is 6.09. The molecular weight excluding hydrogens is 244 g/mol. The van der Waals surface area contributed by atoms with Gasteiger partial charge in [-0.05, 0) is 18.1 Å². The first-order valence-electron chi connectivity index (χ1n) is 5.30. The van der Waals surface area contributed by atoms with Crippen LogP contribution >= 0.6 is 0 Å². The minimum atomic E-state index is -1.21. The molecule has 1 amide bonds. The van der Waals surface area contributed by atoms with Crippen molar-refractivity contribution >= 4 is 11.9 Å². The molecule has 0 saturated carbocycles. The molecule has 0 aliphatic rings. The average molecular weight is 257 g/mol. The first-order valence-corrected chi connectivity index (χ1v) is 5.30. The van der Waals surface area contributed by atoms with Crippen LogP contribution in [0.2, 0.25) is 0 Å². The van der Waals surface area contributed by atoms with Crippen LogP contribution in [-0.2, 0) is 16.0 Å². The van der Waals surface area contributed by atoms with Gasteiger partial charge in [0, 0.05) is 19.7 Å². The lowest BCUT2D eigenvalue weighted by Gasteiger charge is -2.16. The van der Waals surface area contributed by atoms with Crippen LogP contribution in [0.1, 0.15) is 12.0 Å². The van der Waals surface area contributed by atoms with Crippen molar-refractivity contribution in [3.05, 3.63) is 35.4 Å². The number of carboxylic acids is 1. The topological polar surface area (TPSA) is 57.6 Å². The number of carboxylic acid groups (broad SMARTS) is 1. The molecule has 0 radical (unpaired) electrons. The van der Waals surface area contributed by atoms with E-state index in [-0.39, 0.29) is 18.5 Å². The molecule has 1 rings (SSSR count). The zero-order valence-corrected chi connectivity index (χ0v) is 9.82. The van der Waals surface area contributed by atoms with Crippen molar-refractivity contribution in [2.24, 2.45) is 0 Å². The van der Waals surface area contributed by atoms with E-state index in [1.54, 1.807) is 0 Å². The number of carbonyl (C=O) groups is 2. The Morgan fingerprint density at radius 1 is 1.33 bits per heavy atom.